The van der Waals surface area contributed by atoms with Crippen LogP contribution in [-0.4, -0.2) is 52.8 Å². The molecular formula is C15H13ClN2O5. The van der Waals surface area contributed by atoms with Crippen LogP contribution in [0.3, 0.4) is 0 Å². The fourth-order valence-corrected chi connectivity index (χ4v) is 2.49. The third kappa shape index (κ3) is 3.35. The van der Waals surface area contributed by atoms with Crippen molar-refractivity contribution in [3.63, 3.8) is 0 Å². The quantitative estimate of drug-likeness (QED) is 0.920. The van der Waals surface area contributed by atoms with E-state index >= 15 is 0 Å². The first-order valence-corrected chi connectivity index (χ1v) is 7.29. The van der Waals surface area contributed by atoms with Gasteiger partial charge in [0, 0.05) is 23.2 Å². The number of amides is 1. The maximum absolute atomic E-state index is 12.4. The lowest BCUT2D eigenvalue weighted by Gasteiger charge is -2.30. The summed E-state index contributed by atoms with van der Waals surface area (Å²) in [5.74, 6) is -1.07. The number of nitrogens with zero attached hydrogens (tertiary/aromatic N) is 2. The molecule has 1 aromatic carbocycles. The van der Waals surface area contributed by atoms with Crippen LogP contribution in [0.5, 0.6) is 0 Å². The highest BCUT2D eigenvalue weighted by Gasteiger charge is 2.30. The molecule has 0 bridgehead atoms. The zero-order chi connectivity index (χ0) is 16.4. The lowest BCUT2D eigenvalue weighted by Crippen LogP contribution is -2.48. The Morgan fingerprint density at radius 3 is 2.91 bits per heavy atom. The molecule has 1 fully saturated rings. The maximum Gasteiger partial charge on any atom is 0.334 e. The van der Waals surface area contributed by atoms with E-state index in [1.165, 1.54) is 11.0 Å². The van der Waals surface area contributed by atoms with Crippen LogP contribution >= 0.6 is 11.6 Å². The average Bonchev–Trinajstić information content (AvgIpc) is 3.04. The van der Waals surface area contributed by atoms with E-state index in [0.717, 1.165) is 0 Å². The molecule has 120 valence electrons. The number of carbonyl (C=O) groups is 2. The van der Waals surface area contributed by atoms with Gasteiger partial charge >= 0.3 is 5.97 Å². The van der Waals surface area contributed by atoms with Crippen molar-refractivity contribution < 1.29 is 24.0 Å². The fourth-order valence-electron chi connectivity index (χ4n) is 2.30. The zero-order valence-corrected chi connectivity index (χ0v) is 12.7. The Bertz CT molecular complexity index is 745. The van der Waals surface area contributed by atoms with Crippen molar-refractivity contribution in [2.75, 3.05) is 19.7 Å². The van der Waals surface area contributed by atoms with E-state index in [2.05, 4.69) is 5.16 Å². The van der Waals surface area contributed by atoms with E-state index in [0.29, 0.717) is 22.9 Å². The Kier molecular flexibility index (Phi) is 4.31. The van der Waals surface area contributed by atoms with Gasteiger partial charge in [0.1, 0.15) is 0 Å². The number of aromatic nitrogens is 1. The van der Waals surface area contributed by atoms with E-state index in [9.17, 15) is 9.59 Å². The Balaban J connectivity index is 1.77. The molecule has 2 aromatic rings. The summed E-state index contributed by atoms with van der Waals surface area (Å²) in [6.45, 7) is 0.456. The summed E-state index contributed by atoms with van der Waals surface area (Å²) in [7, 11) is 0. The van der Waals surface area contributed by atoms with Crippen LogP contribution in [0.15, 0.2) is 34.9 Å². The van der Waals surface area contributed by atoms with Crippen LogP contribution in [0.4, 0.5) is 0 Å². The number of aliphatic carboxylic acids is 1. The highest BCUT2D eigenvalue weighted by molar-refractivity contribution is 6.30. The fraction of sp³-hybridized carbons (Fsp3) is 0.267. The van der Waals surface area contributed by atoms with E-state index in [4.69, 9.17) is 26.0 Å². The average molecular weight is 337 g/mol. The van der Waals surface area contributed by atoms with Crippen molar-refractivity contribution in [1.82, 2.24) is 10.1 Å². The Hall–Kier alpha value is -2.38. The van der Waals surface area contributed by atoms with Crippen molar-refractivity contribution in [2.24, 2.45) is 0 Å². The van der Waals surface area contributed by atoms with Gasteiger partial charge in [-0.2, -0.15) is 0 Å². The Morgan fingerprint density at radius 2 is 2.17 bits per heavy atom. The number of carbonyl (C=O) groups excluding carboxylic acids is 1. The minimum atomic E-state index is -1.10. The summed E-state index contributed by atoms with van der Waals surface area (Å²) in [5.41, 5.74) is 0.820. The summed E-state index contributed by atoms with van der Waals surface area (Å²) in [6.07, 6.45) is -1.02. The van der Waals surface area contributed by atoms with Gasteiger partial charge in [-0.15, -0.1) is 0 Å². The van der Waals surface area contributed by atoms with Gasteiger partial charge in [-0.3, -0.25) is 4.79 Å². The number of halogens is 1. The second-order valence-corrected chi connectivity index (χ2v) is 5.47. The van der Waals surface area contributed by atoms with Crippen LogP contribution in [0, 0.1) is 0 Å². The number of carboxylic acid groups (broad SMARTS) is 1. The summed E-state index contributed by atoms with van der Waals surface area (Å²) in [6, 6.07) is 8.50. The molecule has 0 spiro atoms. The molecule has 1 saturated heterocycles. The molecule has 1 atom stereocenters. The highest BCUT2D eigenvalue weighted by Crippen LogP contribution is 2.24. The second kappa shape index (κ2) is 6.39. The van der Waals surface area contributed by atoms with E-state index in [-0.39, 0.29) is 18.8 Å². The topological polar surface area (TPSA) is 92.9 Å². The van der Waals surface area contributed by atoms with Gasteiger partial charge in [-0.05, 0) is 12.1 Å². The van der Waals surface area contributed by atoms with Gasteiger partial charge in [0.2, 0.25) is 0 Å². The number of hydrogen-bond acceptors (Lipinski definition) is 5. The van der Waals surface area contributed by atoms with Crippen LogP contribution in [0.1, 0.15) is 10.5 Å². The largest absolute Gasteiger partial charge is 0.479 e. The number of hydrogen-bond donors (Lipinski definition) is 1. The predicted molar refractivity (Wildman–Crippen MR) is 80.2 cm³/mol. The molecule has 23 heavy (non-hydrogen) atoms. The molecule has 1 aliphatic rings. The SMILES string of the molecule is O=C(O)C1CN(C(=O)c2cc(-c3cccc(Cl)c3)on2)CCO1. The van der Waals surface area contributed by atoms with E-state index in [1.54, 1.807) is 24.3 Å². The molecule has 2 heterocycles. The summed E-state index contributed by atoms with van der Waals surface area (Å²) in [4.78, 5) is 24.8. The molecule has 1 aromatic heterocycles. The molecule has 0 radical (unpaired) electrons. The van der Waals surface area contributed by atoms with E-state index < -0.39 is 18.0 Å². The first kappa shape index (κ1) is 15.5. The van der Waals surface area contributed by atoms with Crippen molar-refractivity contribution in [3.05, 3.63) is 41.0 Å². The number of carboxylic acids is 1. The number of benzene rings is 1. The lowest BCUT2D eigenvalue weighted by atomic mass is 10.1. The van der Waals surface area contributed by atoms with Crippen LogP contribution < -0.4 is 0 Å². The van der Waals surface area contributed by atoms with Gasteiger partial charge in [-0.1, -0.05) is 28.9 Å². The number of rotatable bonds is 3. The van der Waals surface area contributed by atoms with Gasteiger partial charge in [0.15, 0.2) is 17.6 Å². The summed E-state index contributed by atoms with van der Waals surface area (Å²) >= 11 is 5.92. The van der Waals surface area contributed by atoms with E-state index in [1.807, 2.05) is 0 Å². The van der Waals surface area contributed by atoms with Gasteiger partial charge in [0.25, 0.3) is 5.91 Å². The molecule has 3 rings (SSSR count). The van der Waals surface area contributed by atoms with Crippen molar-refractivity contribution in [3.8, 4) is 11.3 Å². The molecule has 0 saturated carbocycles. The lowest BCUT2D eigenvalue weighted by molar-refractivity contribution is -0.154. The molecule has 1 aliphatic heterocycles. The summed E-state index contributed by atoms with van der Waals surface area (Å²) in [5, 5.41) is 13.3. The molecule has 1 amide bonds. The third-order valence-corrected chi connectivity index (χ3v) is 3.70. The van der Waals surface area contributed by atoms with Crippen LogP contribution in [0.2, 0.25) is 5.02 Å². The molecular weight excluding hydrogens is 324 g/mol. The highest BCUT2D eigenvalue weighted by atomic mass is 35.5. The van der Waals surface area contributed by atoms with Crippen LogP contribution in [0.25, 0.3) is 11.3 Å². The third-order valence-electron chi connectivity index (χ3n) is 3.47. The Labute approximate surface area is 136 Å². The summed E-state index contributed by atoms with van der Waals surface area (Å²) < 4.78 is 10.3. The zero-order valence-electron chi connectivity index (χ0n) is 11.9. The second-order valence-electron chi connectivity index (χ2n) is 5.04. The Morgan fingerprint density at radius 1 is 1.35 bits per heavy atom. The molecule has 7 nitrogen and oxygen atoms in total. The first-order valence-electron chi connectivity index (χ1n) is 6.91. The smallest absolute Gasteiger partial charge is 0.334 e. The van der Waals surface area contributed by atoms with Crippen molar-refractivity contribution in [2.45, 2.75) is 6.10 Å². The minimum absolute atomic E-state index is 0.0203. The minimum Gasteiger partial charge on any atom is -0.479 e. The molecule has 1 N–H and O–H groups in total. The standard InChI is InChI=1S/C15H13ClN2O5/c16-10-3-1-2-9(6-10)12-7-11(17-23-12)14(19)18-4-5-22-13(8-18)15(20)21/h1-3,6-7,13H,4-5,8H2,(H,20,21). The van der Waals surface area contributed by atoms with Gasteiger partial charge in [0.05, 0.1) is 13.2 Å². The molecule has 0 aliphatic carbocycles. The first-order chi connectivity index (χ1) is 11.0. The maximum atomic E-state index is 12.4. The number of morpholine rings is 1. The van der Waals surface area contributed by atoms with Gasteiger partial charge < -0.3 is 19.3 Å². The normalized spacial score (nSPS) is 18.0. The molecule has 1 unspecified atom stereocenters. The molecule has 8 heteroatoms. The predicted octanol–water partition coefficient (Wildman–Crippen LogP) is 1.92. The van der Waals surface area contributed by atoms with Gasteiger partial charge in [-0.25, -0.2) is 4.79 Å². The number of ether oxygens (including phenoxy) is 1. The van der Waals surface area contributed by atoms with Crippen molar-refractivity contribution >= 4 is 23.5 Å². The monoisotopic (exact) mass is 336 g/mol. The van der Waals surface area contributed by atoms with Crippen molar-refractivity contribution in [1.29, 1.82) is 0 Å². The van der Waals surface area contributed by atoms with Crippen LogP contribution in [-0.2, 0) is 9.53 Å².